The van der Waals surface area contributed by atoms with Crippen molar-refractivity contribution in [3.05, 3.63) is 89.7 Å². The predicted molar refractivity (Wildman–Crippen MR) is 120 cm³/mol. The average Bonchev–Trinajstić information content (AvgIpc) is 2.81. The molecule has 6 heteroatoms. The Morgan fingerprint density at radius 1 is 0.967 bits per heavy atom. The van der Waals surface area contributed by atoms with Gasteiger partial charge in [-0.15, -0.1) is 0 Å². The first-order valence-electron chi connectivity index (χ1n) is 10.0. The number of benzene rings is 2. The van der Waals surface area contributed by atoms with Gasteiger partial charge in [-0.1, -0.05) is 36.4 Å². The van der Waals surface area contributed by atoms with Gasteiger partial charge in [0, 0.05) is 24.8 Å². The summed E-state index contributed by atoms with van der Waals surface area (Å²) >= 11 is 0. The lowest BCUT2D eigenvalue weighted by Crippen LogP contribution is -2.36. The summed E-state index contributed by atoms with van der Waals surface area (Å²) in [6.45, 7) is 4.50. The van der Waals surface area contributed by atoms with E-state index in [0.717, 1.165) is 40.8 Å². The van der Waals surface area contributed by atoms with Crippen LogP contribution in [0.25, 0.3) is 0 Å². The highest BCUT2D eigenvalue weighted by atomic mass is 16.5. The molecule has 0 saturated heterocycles. The van der Waals surface area contributed by atoms with E-state index in [2.05, 4.69) is 20.6 Å². The molecule has 1 heterocycles. The van der Waals surface area contributed by atoms with Crippen LogP contribution in [0.1, 0.15) is 23.7 Å². The van der Waals surface area contributed by atoms with E-state index >= 15 is 0 Å². The number of rotatable bonds is 9. The summed E-state index contributed by atoms with van der Waals surface area (Å²) in [5.74, 6) is 2.44. The van der Waals surface area contributed by atoms with Crippen molar-refractivity contribution in [2.24, 2.45) is 4.99 Å². The van der Waals surface area contributed by atoms with E-state index in [-0.39, 0.29) is 0 Å². The van der Waals surface area contributed by atoms with Crippen LogP contribution in [0.3, 0.4) is 0 Å². The number of hydrogen-bond donors (Lipinski definition) is 2. The Morgan fingerprint density at radius 2 is 1.77 bits per heavy atom. The van der Waals surface area contributed by atoms with Crippen molar-refractivity contribution in [3.8, 4) is 11.5 Å². The van der Waals surface area contributed by atoms with E-state index in [1.807, 2.05) is 73.7 Å². The molecule has 0 radical (unpaired) electrons. The maximum absolute atomic E-state index is 5.79. The van der Waals surface area contributed by atoms with Crippen LogP contribution in [0, 0.1) is 0 Å². The third kappa shape index (κ3) is 6.51. The third-order valence-corrected chi connectivity index (χ3v) is 4.44. The van der Waals surface area contributed by atoms with Gasteiger partial charge in [0.2, 0.25) is 0 Å². The Morgan fingerprint density at radius 3 is 2.50 bits per heavy atom. The van der Waals surface area contributed by atoms with Gasteiger partial charge in [0.15, 0.2) is 5.96 Å². The molecule has 0 unspecified atom stereocenters. The number of para-hydroxylation sites is 1. The fourth-order valence-electron chi connectivity index (χ4n) is 2.87. The van der Waals surface area contributed by atoms with Gasteiger partial charge in [0.05, 0.1) is 19.3 Å². The van der Waals surface area contributed by atoms with Crippen molar-refractivity contribution in [3.63, 3.8) is 0 Å². The Hall–Kier alpha value is -3.54. The second kappa shape index (κ2) is 11.5. The number of ether oxygens (including phenoxy) is 2. The van der Waals surface area contributed by atoms with Crippen molar-refractivity contribution in [2.45, 2.75) is 26.6 Å². The summed E-state index contributed by atoms with van der Waals surface area (Å²) < 4.78 is 11.2. The number of methoxy groups -OCH3 is 1. The van der Waals surface area contributed by atoms with Crippen LogP contribution in [0.5, 0.6) is 11.5 Å². The number of aliphatic imine (C=N–C) groups is 1. The van der Waals surface area contributed by atoms with Gasteiger partial charge in [-0.05, 0) is 42.8 Å². The molecule has 0 spiro atoms. The fraction of sp³-hybridized carbons (Fsp3) is 0.250. The van der Waals surface area contributed by atoms with Crippen LogP contribution in [0.15, 0.2) is 77.9 Å². The fourth-order valence-corrected chi connectivity index (χ4v) is 2.87. The normalized spacial score (nSPS) is 11.1. The van der Waals surface area contributed by atoms with Gasteiger partial charge < -0.3 is 20.1 Å². The van der Waals surface area contributed by atoms with Crippen molar-refractivity contribution in [1.82, 2.24) is 15.6 Å². The van der Waals surface area contributed by atoms with Crippen LogP contribution < -0.4 is 20.1 Å². The van der Waals surface area contributed by atoms with Gasteiger partial charge >= 0.3 is 0 Å². The summed E-state index contributed by atoms with van der Waals surface area (Å²) in [7, 11) is 1.68. The molecule has 6 nitrogen and oxygen atoms in total. The van der Waals surface area contributed by atoms with Crippen molar-refractivity contribution < 1.29 is 9.47 Å². The maximum atomic E-state index is 5.79. The summed E-state index contributed by atoms with van der Waals surface area (Å²) in [5, 5.41) is 6.64. The van der Waals surface area contributed by atoms with Gasteiger partial charge in [-0.25, -0.2) is 4.99 Å². The Kier molecular flexibility index (Phi) is 8.09. The molecular weight excluding hydrogens is 376 g/mol. The van der Waals surface area contributed by atoms with E-state index in [1.54, 1.807) is 13.3 Å². The number of aromatic nitrogens is 1. The molecule has 0 atom stereocenters. The quantitative estimate of drug-likeness (QED) is 0.418. The summed E-state index contributed by atoms with van der Waals surface area (Å²) in [6, 6.07) is 21.7. The molecule has 156 valence electrons. The minimum Gasteiger partial charge on any atom is -0.496 e. The molecule has 1 aromatic heterocycles. The van der Waals surface area contributed by atoms with E-state index in [1.165, 1.54) is 0 Å². The SMILES string of the molecule is CCNC(=NCc1ccc(OCc2ccccn2)cc1)NCc1ccccc1OC. The third-order valence-electron chi connectivity index (χ3n) is 4.44. The van der Waals surface area contributed by atoms with Crippen LogP contribution >= 0.6 is 0 Å². The molecule has 0 amide bonds. The standard InChI is InChI=1S/C24H28N4O2/c1-3-25-24(28-17-20-8-4-5-10-23(20)29-2)27-16-19-11-13-22(14-12-19)30-18-21-9-6-7-15-26-21/h4-15H,3,16-18H2,1-2H3,(H2,25,27,28). The van der Waals surface area contributed by atoms with E-state index in [4.69, 9.17) is 9.47 Å². The molecule has 0 bridgehead atoms. The first-order chi connectivity index (χ1) is 14.8. The molecule has 3 rings (SSSR count). The van der Waals surface area contributed by atoms with Crippen LogP contribution in [0.4, 0.5) is 0 Å². The Labute approximate surface area is 178 Å². The smallest absolute Gasteiger partial charge is 0.191 e. The largest absolute Gasteiger partial charge is 0.496 e. The van der Waals surface area contributed by atoms with Crippen molar-refractivity contribution in [1.29, 1.82) is 0 Å². The molecule has 0 fully saturated rings. The summed E-state index contributed by atoms with van der Waals surface area (Å²) in [6.07, 6.45) is 1.77. The molecule has 2 aromatic carbocycles. The highest BCUT2D eigenvalue weighted by Crippen LogP contribution is 2.17. The maximum Gasteiger partial charge on any atom is 0.191 e. The first kappa shape index (κ1) is 21.2. The lowest BCUT2D eigenvalue weighted by Gasteiger charge is -2.13. The topological polar surface area (TPSA) is 67.8 Å². The number of pyridine rings is 1. The second-order valence-electron chi connectivity index (χ2n) is 6.61. The van der Waals surface area contributed by atoms with Gasteiger partial charge in [-0.2, -0.15) is 0 Å². The minimum atomic E-state index is 0.454. The van der Waals surface area contributed by atoms with Gasteiger partial charge in [0.1, 0.15) is 18.1 Å². The molecule has 0 aliphatic heterocycles. The van der Waals surface area contributed by atoms with Crippen molar-refractivity contribution in [2.75, 3.05) is 13.7 Å². The average molecular weight is 405 g/mol. The highest BCUT2D eigenvalue weighted by molar-refractivity contribution is 5.79. The number of hydrogen-bond acceptors (Lipinski definition) is 4. The molecule has 0 saturated carbocycles. The lowest BCUT2D eigenvalue weighted by molar-refractivity contribution is 0.301. The molecule has 2 N–H and O–H groups in total. The van der Waals surface area contributed by atoms with E-state index in [0.29, 0.717) is 19.7 Å². The lowest BCUT2D eigenvalue weighted by atomic mass is 10.2. The summed E-state index contributed by atoms with van der Waals surface area (Å²) in [4.78, 5) is 8.94. The first-order valence-corrected chi connectivity index (χ1v) is 10.0. The molecule has 0 aliphatic rings. The number of guanidine groups is 1. The predicted octanol–water partition coefficient (Wildman–Crippen LogP) is 3.92. The Bertz CT molecular complexity index is 927. The molecular formula is C24H28N4O2. The van der Waals surface area contributed by atoms with Crippen molar-refractivity contribution >= 4 is 5.96 Å². The Balaban J connectivity index is 1.54. The number of nitrogens with one attached hydrogen (secondary N) is 2. The van der Waals surface area contributed by atoms with Crippen LogP contribution in [-0.2, 0) is 19.7 Å². The zero-order valence-corrected chi connectivity index (χ0v) is 17.5. The molecule has 0 aliphatic carbocycles. The van der Waals surface area contributed by atoms with Gasteiger partial charge in [-0.3, -0.25) is 4.98 Å². The van der Waals surface area contributed by atoms with E-state index in [9.17, 15) is 0 Å². The second-order valence-corrected chi connectivity index (χ2v) is 6.61. The highest BCUT2D eigenvalue weighted by Gasteiger charge is 2.04. The zero-order chi connectivity index (χ0) is 21.0. The van der Waals surface area contributed by atoms with E-state index < -0.39 is 0 Å². The molecule has 3 aromatic rings. The van der Waals surface area contributed by atoms with Crippen LogP contribution in [0.2, 0.25) is 0 Å². The monoisotopic (exact) mass is 404 g/mol. The number of nitrogens with zero attached hydrogens (tertiary/aromatic N) is 2. The summed E-state index contributed by atoms with van der Waals surface area (Å²) in [5.41, 5.74) is 3.09. The van der Waals surface area contributed by atoms with Gasteiger partial charge in [0.25, 0.3) is 0 Å². The zero-order valence-electron chi connectivity index (χ0n) is 17.5. The molecule has 30 heavy (non-hydrogen) atoms. The van der Waals surface area contributed by atoms with Crippen LogP contribution in [-0.4, -0.2) is 24.6 Å². The minimum absolute atomic E-state index is 0.454.